The van der Waals surface area contributed by atoms with Gasteiger partial charge < -0.3 is 9.64 Å². The van der Waals surface area contributed by atoms with Crippen LogP contribution in [0, 0.1) is 13.8 Å². The van der Waals surface area contributed by atoms with Gasteiger partial charge in [0.1, 0.15) is 5.75 Å². The number of ether oxygens (including phenoxy) is 1. The summed E-state index contributed by atoms with van der Waals surface area (Å²) in [7, 11) is 3.64. The molecule has 0 saturated carbocycles. The first-order chi connectivity index (χ1) is 12.0. The summed E-state index contributed by atoms with van der Waals surface area (Å²) in [5.41, 5.74) is 4.51. The molecule has 1 aromatic heterocycles. The van der Waals surface area contributed by atoms with Crippen LogP contribution >= 0.6 is 0 Å². The van der Waals surface area contributed by atoms with Crippen molar-refractivity contribution in [1.29, 1.82) is 0 Å². The molecule has 0 radical (unpaired) electrons. The van der Waals surface area contributed by atoms with Crippen molar-refractivity contribution in [3.8, 4) is 5.75 Å². The molecule has 0 N–H and O–H groups in total. The third-order valence-corrected chi connectivity index (χ3v) is 5.27. The van der Waals surface area contributed by atoms with Gasteiger partial charge in [0.2, 0.25) is 5.91 Å². The van der Waals surface area contributed by atoms with Crippen LogP contribution < -0.4 is 4.74 Å². The Morgan fingerprint density at radius 1 is 1.32 bits per heavy atom. The fraction of sp³-hybridized carbons (Fsp3) is 0.500. The molecule has 2 heterocycles. The number of carbonyl (C=O) groups is 1. The second-order valence-corrected chi connectivity index (χ2v) is 6.77. The van der Waals surface area contributed by atoms with E-state index in [1.165, 1.54) is 5.56 Å². The molecule has 1 fully saturated rings. The zero-order chi connectivity index (χ0) is 18.0. The smallest absolute Gasteiger partial charge is 0.223 e. The Hall–Kier alpha value is -2.30. The number of para-hydroxylation sites is 1. The topological polar surface area (TPSA) is 47.4 Å². The van der Waals surface area contributed by atoms with Gasteiger partial charge in [-0.1, -0.05) is 18.2 Å². The highest BCUT2D eigenvalue weighted by molar-refractivity contribution is 5.77. The third-order valence-electron chi connectivity index (χ3n) is 5.27. The first-order valence-corrected chi connectivity index (χ1v) is 8.94. The fourth-order valence-electron chi connectivity index (χ4n) is 3.93. The number of aryl methyl sites for hydroxylation is 3. The Bertz CT molecular complexity index is 766. The summed E-state index contributed by atoms with van der Waals surface area (Å²) in [6.07, 6.45) is 3.29. The van der Waals surface area contributed by atoms with Gasteiger partial charge >= 0.3 is 0 Å². The van der Waals surface area contributed by atoms with Crippen LogP contribution in [0.3, 0.4) is 0 Å². The van der Waals surface area contributed by atoms with E-state index in [0.717, 1.165) is 42.1 Å². The molecule has 1 amide bonds. The van der Waals surface area contributed by atoms with Crippen LogP contribution in [-0.4, -0.2) is 34.2 Å². The molecule has 1 atom stereocenters. The molecule has 1 aliphatic heterocycles. The van der Waals surface area contributed by atoms with Gasteiger partial charge in [-0.25, -0.2) is 0 Å². The zero-order valence-corrected chi connectivity index (χ0v) is 15.6. The average molecular weight is 341 g/mol. The highest BCUT2D eigenvalue weighted by Gasteiger charge is 2.33. The van der Waals surface area contributed by atoms with Crippen LogP contribution in [0.2, 0.25) is 0 Å². The lowest BCUT2D eigenvalue weighted by Gasteiger charge is -2.25. The maximum atomic E-state index is 12.9. The zero-order valence-electron chi connectivity index (χ0n) is 15.6. The monoisotopic (exact) mass is 341 g/mol. The lowest BCUT2D eigenvalue weighted by Crippen LogP contribution is -2.31. The molecule has 1 aromatic carbocycles. The maximum absolute atomic E-state index is 12.9. The predicted molar refractivity (Wildman–Crippen MR) is 97.7 cm³/mol. The summed E-state index contributed by atoms with van der Waals surface area (Å²) >= 11 is 0. The summed E-state index contributed by atoms with van der Waals surface area (Å²) < 4.78 is 7.31. The van der Waals surface area contributed by atoms with Crippen molar-refractivity contribution in [3.05, 3.63) is 46.8 Å². The van der Waals surface area contributed by atoms with Crippen molar-refractivity contribution >= 4 is 5.91 Å². The Balaban J connectivity index is 1.73. The van der Waals surface area contributed by atoms with Gasteiger partial charge in [0.05, 0.1) is 18.8 Å². The van der Waals surface area contributed by atoms with E-state index in [1.807, 2.05) is 47.8 Å². The van der Waals surface area contributed by atoms with Gasteiger partial charge in [0.15, 0.2) is 0 Å². The van der Waals surface area contributed by atoms with Gasteiger partial charge in [-0.3, -0.25) is 9.48 Å². The Morgan fingerprint density at radius 2 is 2.08 bits per heavy atom. The molecule has 1 aliphatic rings. The lowest BCUT2D eigenvalue weighted by atomic mass is 10.0. The Kier molecular flexibility index (Phi) is 5.11. The average Bonchev–Trinajstić information content (AvgIpc) is 3.17. The summed E-state index contributed by atoms with van der Waals surface area (Å²) in [5.74, 6) is 1.07. The number of likely N-dealkylation sites (tertiary alicyclic amines) is 1. The van der Waals surface area contributed by atoms with Crippen LogP contribution in [-0.2, 0) is 18.3 Å². The van der Waals surface area contributed by atoms with E-state index in [1.54, 1.807) is 7.11 Å². The Morgan fingerprint density at radius 3 is 2.76 bits per heavy atom. The quantitative estimate of drug-likeness (QED) is 0.838. The van der Waals surface area contributed by atoms with Crippen molar-refractivity contribution in [2.24, 2.45) is 7.05 Å². The minimum atomic E-state index is 0.166. The summed E-state index contributed by atoms with van der Waals surface area (Å²) in [5, 5.41) is 4.53. The van der Waals surface area contributed by atoms with E-state index in [-0.39, 0.29) is 11.9 Å². The molecule has 0 spiro atoms. The number of nitrogens with zero attached hydrogens (tertiary/aromatic N) is 3. The second-order valence-electron chi connectivity index (χ2n) is 6.77. The molecule has 5 heteroatoms. The van der Waals surface area contributed by atoms with E-state index >= 15 is 0 Å². The lowest BCUT2D eigenvalue weighted by molar-refractivity contribution is -0.132. The number of amides is 1. The van der Waals surface area contributed by atoms with Crippen molar-refractivity contribution in [2.45, 2.75) is 45.6 Å². The molecule has 5 nitrogen and oxygen atoms in total. The summed E-state index contributed by atoms with van der Waals surface area (Å²) in [4.78, 5) is 14.9. The van der Waals surface area contributed by atoms with Crippen LogP contribution in [0.25, 0.3) is 0 Å². The van der Waals surface area contributed by atoms with Crippen LogP contribution in [0.4, 0.5) is 0 Å². The van der Waals surface area contributed by atoms with Crippen molar-refractivity contribution < 1.29 is 9.53 Å². The molecule has 0 aliphatic carbocycles. The van der Waals surface area contributed by atoms with Crippen molar-refractivity contribution in [1.82, 2.24) is 14.7 Å². The Labute approximate surface area is 149 Å². The van der Waals surface area contributed by atoms with Gasteiger partial charge in [-0.15, -0.1) is 0 Å². The minimum absolute atomic E-state index is 0.166. The van der Waals surface area contributed by atoms with Crippen molar-refractivity contribution in [2.75, 3.05) is 13.7 Å². The first kappa shape index (κ1) is 17.5. The second kappa shape index (κ2) is 7.30. The number of benzene rings is 1. The van der Waals surface area contributed by atoms with E-state index < -0.39 is 0 Å². The number of rotatable bonds is 5. The van der Waals surface area contributed by atoms with E-state index in [9.17, 15) is 4.79 Å². The highest BCUT2D eigenvalue weighted by atomic mass is 16.5. The molecule has 0 unspecified atom stereocenters. The van der Waals surface area contributed by atoms with Crippen LogP contribution in [0.1, 0.15) is 47.8 Å². The predicted octanol–water partition coefficient (Wildman–Crippen LogP) is 3.34. The number of methoxy groups -OCH3 is 1. The highest BCUT2D eigenvalue weighted by Crippen LogP contribution is 2.36. The first-order valence-electron chi connectivity index (χ1n) is 8.94. The van der Waals surface area contributed by atoms with Gasteiger partial charge in [-0.2, -0.15) is 5.10 Å². The van der Waals surface area contributed by atoms with Gasteiger partial charge in [-0.05, 0) is 44.7 Å². The van der Waals surface area contributed by atoms with Crippen LogP contribution in [0.15, 0.2) is 24.3 Å². The van der Waals surface area contributed by atoms with Crippen LogP contribution in [0.5, 0.6) is 5.75 Å². The number of hydrogen-bond acceptors (Lipinski definition) is 3. The molecular weight excluding hydrogens is 314 g/mol. The summed E-state index contributed by atoms with van der Waals surface area (Å²) in [6, 6.07) is 8.08. The normalized spacial score (nSPS) is 17.1. The van der Waals surface area contributed by atoms with E-state index in [4.69, 9.17) is 4.74 Å². The molecule has 25 heavy (non-hydrogen) atoms. The molecule has 3 rings (SSSR count). The SMILES string of the molecule is COc1ccccc1CCC(=O)N1CCC[C@H]1c1c(C)nn(C)c1C. The minimum Gasteiger partial charge on any atom is -0.496 e. The number of carbonyl (C=O) groups excluding carboxylic acids is 1. The molecular formula is C20H27N3O2. The maximum Gasteiger partial charge on any atom is 0.223 e. The molecule has 1 saturated heterocycles. The van der Waals surface area contributed by atoms with E-state index in [0.29, 0.717) is 12.8 Å². The van der Waals surface area contributed by atoms with Gasteiger partial charge in [0.25, 0.3) is 0 Å². The van der Waals surface area contributed by atoms with Gasteiger partial charge in [0, 0.05) is 31.3 Å². The molecule has 2 aromatic rings. The largest absolute Gasteiger partial charge is 0.496 e. The fourth-order valence-corrected chi connectivity index (χ4v) is 3.93. The summed E-state index contributed by atoms with van der Waals surface area (Å²) in [6.45, 7) is 4.96. The standard InChI is InChI=1S/C20H27N3O2/c1-14-20(15(2)22(3)21-14)17-9-7-13-23(17)19(24)12-11-16-8-5-6-10-18(16)25-4/h5-6,8,10,17H,7,9,11-13H2,1-4H3/t17-/m0/s1. The van der Waals surface area contributed by atoms with Crippen molar-refractivity contribution in [3.63, 3.8) is 0 Å². The number of hydrogen-bond donors (Lipinski definition) is 0. The number of aromatic nitrogens is 2. The molecule has 134 valence electrons. The third kappa shape index (κ3) is 3.41. The molecule has 0 bridgehead atoms. The van der Waals surface area contributed by atoms with E-state index in [2.05, 4.69) is 12.0 Å².